The van der Waals surface area contributed by atoms with Crippen molar-refractivity contribution < 1.29 is 19.1 Å². The molecule has 1 aliphatic carbocycles. The summed E-state index contributed by atoms with van der Waals surface area (Å²) in [5.41, 5.74) is -0.649. The first-order chi connectivity index (χ1) is 6.57. The van der Waals surface area contributed by atoms with Crippen molar-refractivity contribution in [3.63, 3.8) is 0 Å². The number of esters is 2. The van der Waals surface area contributed by atoms with E-state index in [4.69, 9.17) is 4.74 Å². The van der Waals surface area contributed by atoms with Gasteiger partial charge in [0.2, 0.25) is 0 Å². The van der Waals surface area contributed by atoms with Crippen LogP contribution in [0.4, 0.5) is 0 Å². The highest BCUT2D eigenvalue weighted by molar-refractivity contribution is 6.29. The van der Waals surface area contributed by atoms with Crippen LogP contribution in [-0.4, -0.2) is 24.6 Å². The van der Waals surface area contributed by atoms with E-state index in [1.807, 2.05) is 12.2 Å². The molecular weight excluding hydrogens is 184 g/mol. The molecule has 0 spiro atoms. The van der Waals surface area contributed by atoms with Crippen molar-refractivity contribution in [1.82, 2.24) is 0 Å². The van der Waals surface area contributed by atoms with Gasteiger partial charge in [0.25, 0.3) is 0 Å². The Morgan fingerprint density at radius 3 is 2.57 bits per heavy atom. The summed E-state index contributed by atoms with van der Waals surface area (Å²) in [5, 5.41) is 0. The van der Waals surface area contributed by atoms with Gasteiger partial charge in [-0.1, -0.05) is 6.08 Å². The van der Waals surface area contributed by atoms with Gasteiger partial charge in [-0.25, -0.2) is 9.59 Å². The molecule has 1 atom stereocenters. The number of hydrogen-bond donors (Lipinski definition) is 0. The monoisotopic (exact) mass is 198 g/mol. The Morgan fingerprint density at radius 1 is 1.36 bits per heavy atom. The minimum absolute atomic E-state index is 0.649. The summed E-state index contributed by atoms with van der Waals surface area (Å²) in [4.78, 5) is 21.9. The molecule has 0 aromatic rings. The molecule has 0 saturated heterocycles. The van der Waals surface area contributed by atoms with Crippen LogP contribution in [0.2, 0.25) is 0 Å². The van der Waals surface area contributed by atoms with Gasteiger partial charge in [0, 0.05) is 0 Å². The summed E-state index contributed by atoms with van der Waals surface area (Å²) in [6.45, 7) is 1.78. The van der Waals surface area contributed by atoms with Crippen molar-refractivity contribution in [2.24, 2.45) is 0 Å². The van der Waals surface area contributed by atoms with Crippen molar-refractivity contribution in [2.75, 3.05) is 7.11 Å². The van der Waals surface area contributed by atoms with Gasteiger partial charge in [-0.2, -0.15) is 0 Å². The molecule has 0 aromatic carbocycles. The molecular formula is C10H14O4. The SMILES string of the molecule is COC(=O)C(=O)OC1(C)C=CCCC1. The average Bonchev–Trinajstić information content (AvgIpc) is 2.17. The Hall–Kier alpha value is -1.32. The number of rotatable bonds is 1. The van der Waals surface area contributed by atoms with E-state index in [2.05, 4.69) is 4.74 Å². The highest BCUT2D eigenvalue weighted by atomic mass is 16.6. The molecule has 0 radical (unpaired) electrons. The van der Waals surface area contributed by atoms with Crippen molar-refractivity contribution >= 4 is 11.9 Å². The maximum atomic E-state index is 11.1. The van der Waals surface area contributed by atoms with E-state index in [1.165, 1.54) is 0 Å². The predicted molar refractivity (Wildman–Crippen MR) is 49.5 cm³/mol. The minimum atomic E-state index is -0.954. The number of carbonyl (C=O) groups excluding carboxylic acids is 2. The third-order valence-electron chi connectivity index (χ3n) is 2.19. The first kappa shape index (κ1) is 10.8. The molecule has 14 heavy (non-hydrogen) atoms. The second-order valence-corrected chi connectivity index (χ2v) is 3.49. The second kappa shape index (κ2) is 4.26. The standard InChI is InChI=1S/C10H14O4/c1-10(6-4-3-5-7-10)14-9(12)8(11)13-2/h4,6H,3,5,7H2,1-2H3. The Balaban J connectivity index is 2.58. The number of methoxy groups -OCH3 is 1. The van der Waals surface area contributed by atoms with E-state index in [9.17, 15) is 9.59 Å². The van der Waals surface area contributed by atoms with Gasteiger partial charge in [0.15, 0.2) is 0 Å². The Kier molecular flexibility index (Phi) is 3.28. The Labute approximate surface area is 82.9 Å². The highest BCUT2D eigenvalue weighted by Gasteiger charge is 2.30. The van der Waals surface area contributed by atoms with Crippen molar-refractivity contribution in [3.05, 3.63) is 12.2 Å². The van der Waals surface area contributed by atoms with Crippen LogP contribution in [0, 0.1) is 0 Å². The van der Waals surface area contributed by atoms with E-state index in [-0.39, 0.29) is 0 Å². The molecule has 1 aliphatic rings. The largest absolute Gasteiger partial charge is 0.461 e. The number of hydrogen-bond acceptors (Lipinski definition) is 4. The summed E-state index contributed by atoms with van der Waals surface area (Å²) < 4.78 is 9.29. The summed E-state index contributed by atoms with van der Waals surface area (Å²) in [7, 11) is 1.16. The summed E-state index contributed by atoms with van der Waals surface area (Å²) >= 11 is 0. The van der Waals surface area contributed by atoms with Crippen molar-refractivity contribution in [2.45, 2.75) is 31.8 Å². The van der Waals surface area contributed by atoms with Gasteiger partial charge in [-0.15, -0.1) is 0 Å². The number of allylic oxidation sites excluding steroid dienone is 1. The van der Waals surface area contributed by atoms with Gasteiger partial charge in [0.1, 0.15) is 5.60 Å². The van der Waals surface area contributed by atoms with E-state index in [1.54, 1.807) is 6.92 Å². The Morgan fingerprint density at radius 2 is 2.07 bits per heavy atom. The van der Waals surface area contributed by atoms with E-state index in [0.29, 0.717) is 0 Å². The normalized spacial score (nSPS) is 25.6. The molecule has 1 rings (SSSR count). The van der Waals surface area contributed by atoms with Gasteiger partial charge >= 0.3 is 11.9 Å². The lowest BCUT2D eigenvalue weighted by atomic mass is 9.93. The van der Waals surface area contributed by atoms with E-state index < -0.39 is 17.5 Å². The van der Waals surface area contributed by atoms with Crippen molar-refractivity contribution in [1.29, 1.82) is 0 Å². The van der Waals surface area contributed by atoms with Gasteiger partial charge in [0.05, 0.1) is 7.11 Å². The minimum Gasteiger partial charge on any atom is -0.461 e. The van der Waals surface area contributed by atoms with Crippen LogP contribution in [0.1, 0.15) is 26.2 Å². The van der Waals surface area contributed by atoms with E-state index in [0.717, 1.165) is 26.4 Å². The topological polar surface area (TPSA) is 52.6 Å². The van der Waals surface area contributed by atoms with Gasteiger partial charge in [-0.3, -0.25) is 0 Å². The molecule has 0 heterocycles. The Bertz CT molecular complexity index is 269. The lowest BCUT2D eigenvalue weighted by Gasteiger charge is -2.28. The molecule has 0 N–H and O–H groups in total. The number of ether oxygens (including phenoxy) is 2. The van der Waals surface area contributed by atoms with Crippen LogP contribution < -0.4 is 0 Å². The zero-order chi connectivity index (χ0) is 10.6. The third-order valence-corrected chi connectivity index (χ3v) is 2.19. The maximum Gasteiger partial charge on any atom is 0.418 e. The number of carbonyl (C=O) groups is 2. The predicted octanol–water partition coefficient (Wildman–Crippen LogP) is 1.20. The second-order valence-electron chi connectivity index (χ2n) is 3.49. The lowest BCUT2D eigenvalue weighted by Crippen LogP contribution is -2.34. The van der Waals surface area contributed by atoms with Crippen LogP contribution in [-0.2, 0) is 19.1 Å². The smallest absolute Gasteiger partial charge is 0.418 e. The fourth-order valence-electron chi connectivity index (χ4n) is 1.41. The zero-order valence-corrected chi connectivity index (χ0v) is 8.41. The maximum absolute atomic E-state index is 11.1. The quantitative estimate of drug-likeness (QED) is 0.361. The van der Waals surface area contributed by atoms with Gasteiger partial charge < -0.3 is 9.47 Å². The van der Waals surface area contributed by atoms with E-state index >= 15 is 0 Å². The summed E-state index contributed by atoms with van der Waals surface area (Å²) in [6.07, 6.45) is 6.46. The summed E-state index contributed by atoms with van der Waals surface area (Å²) in [5.74, 6) is -1.88. The van der Waals surface area contributed by atoms with Gasteiger partial charge in [-0.05, 0) is 32.3 Å². The molecule has 78 valence electrons. The van der Waals surface area contributed by atoms with Crippen LogP contribution in [0.3, 0.4) is 0 Å². The molecule has 4 heteroatoms. The first-order valence-electron chi connectivity index (χ1n) is 4.56. The highest BCUT2D eigenvalue weighted by Crippen LogP contribution is 2.25. The molecule has 0 amide bonds. The van der Waals surface area contributed by atoms with Crippen LogP contribution in [0.5, 0.6) is 0 Å². The first-order valence-corrected chi connectivity index (χ1v) is 4.56. The molecule has 4 nitrogen and oxygen atoms in total. The van der Waals surface area contributed by atoms with Crippen LogP contribution in [0.15, 0.2) is 12.2 Å². The zero-order valence-electron chi connectivity index (χ0n) is 8.41. The van der Waals surface area contributed by atoms with Crippen LogP contribution >= 0.6 is 0 Å². The molecule has 0 saturated carbocycles. The fraction of sp³-hybridized carbons (Fsp3) is 0.600. The molecule has 0 bridgehead atoms. The summed E-state index contributed by atoms with van der Waals surface area (Å²) in [6, 6.07) is 0. The average molecular weight is 198 g/mol. The molecule has 0 aromatic heterocycles. The van der Waals surface area contributed by atoms with Crippen molar-refractivity contribution in [3.8, 4) is 0 Å². The van der Waals surface area contributed by atoms with Crippen LogP contribution in [0.25, 0.3) is 0 Å². The lowest BCUT2D eigenvalue weighted by molar-refractivity contribution is -0.172. The fourth-order valence-corrected chi connectivity index (χ4v) is 1.41. The molecule has 0 aliphatic heterocycles. The molecule has 1 unspecified atom stereocenters. The molecule has 0 fully saturated rings. The third kappa shape index (κ3) is 2.58.